The van der Waals surface area contributed by atoms with E-state index in [1.54, 1.807) is 25.3 Å². The van der Waals surface area contributed by atoms with Gasteiger partial charge in [0, 0.05) is 26.0 Å². The third kappa shape index (κ3) is 5.72. The fourth-order valence-electron chi connectivity index (χ4n) is 1.49. The molecule has 0 aliphatic carbocycles. The van der Waals surface area contributed by atoms with Crippen molar-refractivity contribution in [2.45, 2.75) is 13.3 Å². The van der Waals surface area contributed by atoms with Gasteiger partial charge >= 0.3 is 5.97 Å². The van der Waals surface area contributed by atoms with Crippen LogP contribution >= 0.6 is 0 Å². The largest absolute Gasteiger partial charge is 0.460 e. The molecule has 0 saturated carbocycles. The Morgan fingerprint density at radius 3 is 2.68 bits per heavy atom. The number of ether oxygens (including phenoxy) is 3. The lowest BCUT2D eigenvalue weighted by molar-refractivity contribution is 0.0288. The number of nitrogens with two attached hydrogens (primary N) is 1. The molecule has 0 heterocycles. The number of hydrogen-bond acceptors (Lipinski definition) is 5. The van der Waals surface area contributed by atoms with Gasteiger partial charge in [-0.3, -0.25) is 0 Å². The number of hydrogen-bond donors (Lipinski definition) is 1. The topological polar surface area (TPSA) is 70.8 Å². The first-order valence-corrected chi connectivity index (χ1v) is 6.25. The first kappa shape index (κ1) is 15.5. The summed E-state index contributed by atoms with van der Waals surface area (Å²) < 4.78 is 15.3. The van der Waals surface area contributed by atoms with Crippen molar-refractivity contribution in [3.8, 4) is 0 Å². The maximum absolute atomic E-state index is 11.7. The van der Waals surface area contributed by atoms with Gasteiger partial charge in [0.25, 0.3) is 0 Å². The lowest BCUT2D eigenvalue weighted by atomic mass is 10.1. The van der Waals surface area contributed by atoms with Gasteiger partial charge in [-0.05, 0) is 37.1 Å². The molecule has 0 unspecified atom stereocenters. The van der Waals surface area contributed by atoms with Gasteiger partial charge in [0.1, 0.15) is 6.61 Å². The second-order valence-electron chi connectivity index (χ2n) is 4.17. The van der Waals surface area contributed by atoms with Gasteiger partial charge in [-0.25, -0.2) is 4.79 Å². The highest BCUT2D eigenvalue weighted by atomic mass is 16.6. The average molecular weight is 267 g/mol. The van der Waals surface area contributed by atoms with Crippen LogP contribution < -0.4 is 5.73 Å². The predicted octanol–water partition coefficient (Wildman–Crippen LogP) is 1.79. The monoisotopic (exact) mass is 267 g/mol. The molecule has 106 valence electrons. The van der Waals surface area contributed by atoms with E-state index in [2.05, 4.69) is 0 Å². The second-order valence-corrected chi connectivity index (χ2v) is 4.17. The Morgan fingerprint density at radius 2 is 2.00 bits per heavy atom. The minimum absolute atomic E-state index is 0.245. The Kier molecular flexibility index (Phi) is 6.92. The molecule has 0 radical (unpaired) electrons. The third-order valence-corrected chi connectivity index (χ3v) is 2.60. The lowest BCUT2D eigenvalue weighted by Gasteiger charge is -2.07. The van der Waals surface area contributed by atoms with Crippen LogP contribution in [0.3, 0.4) is 0 Å². The van der Waals surface area contributed by atoms with Crippen molar-refractivity contribution >= 4 is 11.7 Å². The molecule has 0 aliphatic heterocycles. The molecule has 0 aliphatic rings. The van der Waals surface area contributed by atoms with Gasteiger partial charge in [0.15, 0.2) is 0 Å². The molecule has 1 rings (SSSR count). The number of benzene rings is 1. The van der Waals surface area contributed by atoms with Gasteiger partial charge in [-0.1, -0.05) is 0 Å². The SMILES string of the molecule is COCCCOCCOC(=O)c1ccc(N)c(C)c1. The summed E-state index contributed by atoms with van der Waals surface area (Å²) in [6.45, 7) is 3.76. The summed E-state index contributed by atoms with van der Waals surface area (Å²) in [6, 6.07) is 5.08. The minimum Gasteiger partial charge on any atom is -0.460 e. The number of methoxy groups -OCH3 is 1. The zero-order valence-electron chi connectivity index (χ0n) is 11.5. The molecule has 1 aromatic rings. The third-order valence-electron chi connectivity index (χ3n) is 2.60. The number of aryl methyl sites for hydroxylation is 1. The van der Waals surface area contributed by atoms with Crippen LogP contribution in [0.4, 0.5) is 5.69 Å². The lowest BCUT2D eigenvalue weighted by Crippen LogP contribution is -2.12. The fourth-order valence-corrected chi connectivity index (χ4v) is 1.49. The van der Waals surface area contributed by atoms with Gasteiger partial charge < -0.3 is 19.9 Å². The van der Waals surface area contributed by atoms with Crippen molar-refractivity contribution in [1.29, 1.82) is 0 Å². The van der Waals surface area contributed by atoms with Crippen LogP contribution in [0.25, 0.3) is 0 Å². The molecule has 2 N–H and O–H groups in total. The highest BCUT2D eigenvalue weighted by Crippen LogP contribution is 2.13. The zero-order valence-corrected chi connectivity index (χ0v) is 11.5. The van der Waals surface area contributed by atoms with Gasteiger partial charge in [0.2, 0.25) is 0 Å². The van der Waals surface area contributed by atoms with E-state index in [4.69, 9.17) is 19.9 Å². The maximum atomic E-state index is 11.7. The summed E-state index contributed by atoms with van der Waals surface area (Å²) in [6.07, 6.45) is 0.835. The van der Waals surface area contributed by atoms with Crippen molar-refractivity contribution in [3.05, 3.63) is 29.3 Å². The predicted molar refractivity (Wildman–Crippen MR) is 73.2 cm³/mol. The normalized spacial score (nSPS) is 10.4. The molecule has 0 saturated heterocycles. The standard InChI is InChI=1S/C14H21NO4/c1-11-10-12(4-5-13(11)15)14(16)19-9-8-18-7-3-6-17-2/h4-5,10H,3,6-9,15H2,1-2H3. The number of carbonyl (C=O) groups excluding carboxylic acids is 1. The van der Waals surface area contributed by atoms with Crippen molar-refractivity contribution in [3.63, 3.8) is 0 Å². The van der Waals surface area contributed by atoms with E-state index in [-0.39, 0.29) is 12.6 Å². The van der Waals surface area contributed by atoms with Gasteiger partial charge in [-0.2, -0.15) is 0 Å². The van der Waals surface area contributed by atoms with E-state index in [9.17, 15) is 4.79 Å². The van der Waals surface area contributed by atoms with E-state index in [0.717, 1.165) is 12.0 Å². The summed E-state index contributed by atoms with van der Waals surface area (Å²) in [4.78, 5) is 11.7. The van der Waals surface area contributed by atoms with E-state index < -0.39 is 0 Å². The van der Waals surface area contributed by atoms with Crippen LogP contribution in [0.5, 0.6) is 0 Å². The summed E-state index contributed by atoms with van der Waals surface area (Å²) in [5, 5.41) is 0. The molecular weight excluding hydrogens is 246 g/mol. The maximum Gasteiger partial charge on any atom is 0.338 e. The number of nitrogen functional groups attached to an aromatic ring is 1. The molecule has 5 heteroatoms. The molecule has 0 spiro atoms. The molecule has 0 amide bonds. The van der Waals surface area contributed by atoms with Crippen LogP contribution in [0.2, 0.25) is 0 Å². The molecule has 0 aromatic heterocycles. The highest BCUT2D eigenvalue weighted by molar-refractivity contribution is 5.90. The first-order chi connectivity index (χ1) is 9.15. The zero-order chi connectivity index (χ0) is 14.1. The van der Waals surface area contributed by atoms with Crippen LogP contribution in [0.1, 0.15) is 22.3 Å². The van der Waals surface area contributed by atoms with E-state index in [0.29, 0.717) is 31.1 Å². The Hall–Kier alpha value is -1.59. The molecule has 0 bridgehead atoms. The fraction of sp³-hybridized carbons (Fsp3) is 0.500. The summed E-state index contributed by atoms with van der Waals surface area (Å²) in [7, 11) is 1.65. The molecule has 19 heavy (non-hydrogen) atoms. The van der Waals surface area contributed by atoms with Crippen LogP contribution in [-0.4, -0.2) is 39.5 Å². The van der Waals surface area contributed by atoms with Crippen LogP contribution in [-0.2, 0) is 14.2 Å². The quantitative estimate of drug-likeness (QED) is 0.441. The van der Waals surface area contributed by atoms with Crippen LogP contribution in [0, 0.1) is 6.92 Å². The molecule has 0 fully saturated rings. The molecule has 0 atom stereocenters. The smallest absolute Gasteiger partial charge is 0.338 e. The van der Waals surface area contributed by atoms with Crippen LogP contribution in [0.15, 0.2) is 18.2 Å². The summed E-state index contributed by atoms with van der Waals surface area (Å²) in [5.41, 5.74) is 7.72. The Bertz CT molecular complexity index is 406. The first-order valence-electron chi connectivity index (χ1n) is 6.25. The van der Waals surface area contributed by atoms with E-state index in [1.807, 2.05) is 6.92 Å². The van der Waals surface area contributed by atoms with E-state index in [1.165, 1.54) is 0 Å². The summed E-state index contributed by atoms with van der Waals surface area (Å²) >= 11 is 0. The minimum atomic E-state index is -0.358. The molecule has 5 nitrogen and oxygen atoms in total. The van der Waals surface area contributed by atoms with Gasteiger partial charge in [0.05, 0.1) is 12.2 Å². The number of rotatable bonds is 8. The Labute approximate surface area is 113 Å². The average Bonchev–Trinajstić information content (AvgIpc) is 2.40. The van der Waals surface area contributed by atoms with Gasteiger partial charge in [-0.15, -0.1) is 0 Å². The number of anilines is 1. The Morgan fingerprint density at radius 1 is 1.21 bits per heavy atom. The van der Waals surface area contributed by atoms with Crippen molar-refractivity contribution in [1.82, 2.24) is 0 Å². The highest BCUT2D eigenvalue weighted by Gasteiger charge is 2.07. The van der Waals surface area contributed by atoms with Crippen molar-refractivity contribution in [2.75, 3.05) is 39.3 Å². The molecular formula is C14H21NO4. The Balaban J connectivity index is 2.22. The second kappa shape index (κ2) is 8.50. The summed E-state index contributed by atoms with van der Waals surface area (Å²) in [5.74, 6) is -0.358. The number of esters is 1. The molecule has 1 aromatic carbocycles. The van der Waals surface area contributed by atoms with Crippen molar-refractivity contribution < 1.29 is 19.0 Å². The number of carbonyl (C=O) groups is 1. The van der Waals surface area contributed by atoms with Crippen molar-refractivity contribution in [2.24, 2.45) is 0 Å². The van der Waals surface area contributed by atoms with E-state index >= 15 is 0 Å².